The second-order valence-electron chi connectivity index (χ2n) is 4.57. The molecule has 1 heterocycles. The molecule has 2 nitrogen and oxygen atoms in total. The van der Waals surface area contributed by atoms with Crippen molar-refractivity contribution in [3.8, 4) is 0 Å². The maximum Gasteiger partial charge on any atom is 0.0375 e. The van der Waals surface area contributed by atoms with Crippen molar-refractivity contribution in [1.82, 2.24) is 4.98 Å². The van der Waals surface area contributed by atoms with E-state index in [1.54, 1.807) is 0 Å². The highest BCUT2D eigenvalue weighted by molar-refractivity contribution is 5.20. The number of aromatic nitrogens is 1. The van der Waals surface area contributed by atoms with Crippen molar-refractivity contribution >= 4 is 0 Å². The summed E-state index contributed by atoms with van der Waals surface area (Å²) in [5.74, 6) is 0. The van der Waals surface area contributed by atoms with Crippen LogP contribution < -0.4 is 5.73 Å². The first-order chi connectivity index (χ1) is 5.91. The summed E-state index contributed by atoms with van der Waals surface area (Å²) in [6.07, 6.45) is 1.82. The Hall–Kier alpha value is -0.890. The Labute approximate surface area is 80.2 Å². The van der Waals surface area contributed by atoms with Crippen molar-refractivity contribution in [3.63, 3.8) is 0 Å². The van der Waals surface area contributed by atoms with Crippen LogP contribution in [0.3, 0.4) is 0 Å². The third-order valence-corrected chi connectivity index (χ3v) is 2.21. The molecule has 2 heteroatoms. The summed E-state index contributed by atoms with van der Waals surface area (Å²) in [4.78, 5) is 4.15. The lowest BCUT2D eigenvalue weighted by Gasteiger charge is -2.27. The van der Waals surface area contributed by atoms with E-state index in [-0.39, 0.29) is 11.5 Å². The van der Waals surface area contributed by atoms with E-state index in [1.165, 1.54) is 5.56 Å². The van der Waals surface area contributed by atoms with Crippen LogP contribution in [0.2, 0.25) is 0 Å². The van der Waals surface area contributed by atoms with E-state index < -0.39 is 0 Å². The number of nitrogens with two attached hydrogens (primary N) is 1. The van der Waals surface area contributed by atoms with E-state index in [0.717, 1.165) is 5.69 Å². The molecule has 1 aromatic rings. The summed E-state index contributed by atoms with van der Waals surface area (Å²) >= 11 is 0. The fraction of sp³-hybridized carbons (Fsp3) is 0.545. The van der Waals surface area contributed by atoms with E-state index in [1.807, 2.05) is 19.2 Å². The van der Waals surface area contributed by atoms with Crippen LogP contribution in [0.4, 0.5) is 0 Å². The van der Waals surface area contributed by atoms with Crippen LogP contribution in [0.5, 0.6) is 0 Å². The molecule has 0 spiro atoms. The van der Waals surface area contributed by atoms with Gasteiger partial charge in [-0.15, -0.1) is 0 Å². The second kappa shape index (κ2) is 3.46. The number of hydrogen-bond donors (Lipinski definition) is 1. The van der Waals surface area contributed by atoms with Crippen LogP contribution >= 0.6 is 0 Å². The third kappa shape index (κ3) is 2.52. The Kier molecular flexibility index (Phi) is 2.71. The van der Waals surface area contributed by atoms with Crippen LogP contribution in [0.15, 0.2) is 18.3 Å². The van der Waals surface area contributed by atoms with Gasteiger partial charge in [-0.2, -0.15) is 0 Å². The number of pyridine rings is 1. The van der Waals surface area contributed by atoms with Crippen molar-refractivity contribution in [2.45, 2.75) is 33.7 Å². The molecule has 0 aliphatic rings. The summed E-state index contributed by atoms with van der Waals surface area (Å²) in [7, 11) is 0. The molecule has 0 aromatic carbocycles. The molecule has 0 aliphatic carbocycles. The molecular weight excluding hydrogens is 160 g/mol. The molecule has 0 amide bonds. The zero-order chi connectivity index (χ0) is 10.1. The Balaban J connectivity index is 2.96. The predicted octanol–water partition coefficient (Wildman–Crippen LogP) is 2.44. The number of rotatable bonds is 1. The minimum absolute atomic E-state index is 0.0780. The summed E-state index contributed by atoms with van der Waals surface area (Å²) in [6, 6.07) is 4.12. The van der Waals surface area contributed by atoms with E-state index in [9.17, 15) is 0 Å². The Morgan fingerprint density at radius 2 is 2.00 bits per heavy atom. The van der Waals surface area contributed by atoms with Crippen molar-refractivity contribution in [1.29, 1.82) is 0 Å². The van der Waals surface area contributed by atoms with E-state index in [0.29, 0.717) is 0 Å². The third-order valence-electron chi connectivity index (χ3n) is 2.21. The topological polar surface area (TPSA) is 38.9 Å². The highest BCUT2D eigenvalue weighted by Crippen LogP contribution is 2.30. The van der Waals surface area contributed by atoms with Gasteiger partial charge in [0.2, 0.25) is 0 Å². The van der Waals surface area contributed by atoms with Crippen LogP contribution in [-0.4, -0.2) is 4.98 Å². The summed E-state index contributed by atoms with van der Waals surface area (Å²) in [5, 5.41) is 0. The molecule has 1 atom stereocenters. The molecule has 1 unspecified atom stereocenters. The summed E-state index contributed by atoms with van der Waals surface area (Å²) in [5.41, 5.74) is 8.41. The molecule has 1 rings (SSSR count). The molecule has 0 radical (unpaired) electrons. The van der Waals surface area contributed by atoms with Crippen molar-refractivity contribution < 1.29 is 0 Å². The van der Waals surface area contributed by atoms with Crippen LogP contribution in [0.25, 0.3) is 0 Å². The molecule has 0 fully saturated rings. The molecule has 1 aromatic heterocycles. The van der Waals surface area contributed by atoms with Crippen molar-refractivity contribution in [2.24, 2.45) is 11.1 Å². The van der Waals surface area contributed by atoms with Crippen LogP contribution in [0.1, 0.15) is 38.1 Å². The summed E-state index contributed by atoms with van der Waals surface area (Å²) < 4.78 is 0. The molecule has 0 bridgehead atoms. The van der Waals surface area contributed by atoms with Crippen molar-refractivity contribution in [3.05, 3.63) is 29.6 Å². The van der Waals surface area contributed by atoms with Gasteiger partial charge >= 0.3 is 0 Å². The van der Waals surface area contributed by atoms with Crippen LogP contribution in [-0.2, 0) is 0 Å². The maximum atomic E-state index is 6.11. The largest absolute Gasteiger partial charge is 0.324 e. The molecular formula is C11H18N2. The van der Waals surface area contributed by atoms with E-state index in [4.69, 9.17) is 5.73 Å². The zero-order valence-corrected chi connectivity index (χ0v) is 8.83. The monoisotopic (exact) mass is 178 g/mol. The lowest BCUT2D eigenvalue weighted by atomic mass is 9.83. The normalized spacial score (nSPS) is 14.2. The molecule has 0 saturated carbocycles. The van der Waals surface area contributed by atoms with Gasteiger partial charge in [0.25, 0.3) is 0 Å². The maximum absolute atomic E-state index is 6.11. The van der Waals surface area contributed by atoms with Gasteiger partial charge in [-0.3, -0.25) is 4.98 Å². The molecule has 0 aliphatic heterocycles. The van der Waals surface area contributed by atoms with Gasteiger partial charge in [-0.25, -0.2) is 0 Å². The first kappa shape index (κ1) is 10.2. The van der Waals surface area contributed by atoms with Gasteiger partial charge in [-0.05, 0) is 30.0 Å². The predicted molar refractivity (Wildman–Crippen MR) is 55.4 cm³/mol. The van der Waals surface area contributed by atoms with Crippen LogP contribution in [0, 0.1) is 12.3 Å². The summed E-state index contributed by atoms with van der Waals surface area (Å²) in [6.45, 7) is 8.42. The smallest absolute Gasteiger partial charge is 0.0375 e. The first-order valence-electron chi connectivity index (χ1n) is 4.59. The lowest BCUT2D eigenvalue weighted by Crippen LogP contribution is -2.26. The highest BCUT2D eigenvalue weighted by atomic mass is 14.7. The lowest BCUT2D eigenvalue weighted by molar-refractivity contribution is 0.326. The second-order valence-corrected chi connectivity index (χ2v) is 4.57. The Morgan fingerprint density at radius 3 is 2.46 bits per heavy atom. The first-order valence-corrected chi connectivity index (χ1v) is 4.59. The minimum atomic E-state index is 0.0780. The van der Waals surface area contributed by atoms with Gasteiger partial charge < -0.3 is 5.73 Å². The van der Waals surface area contributed by atoms with Gasteiger partial charge in [-0.1, -0.05) is 20.8 Å². The van der Waals surface area contributed by atoms with Gasteiger partial charge in [0.1, 0.15) is 0 Å². The molecule has 13 heavy (non-hydrogen) atoms. The SMILES string of the molecule is Cc1cc(C(N)C(C)(C)C)ccn1. The van der Waals surface area contributed by atoms with Gasteiger partial charge in [0, 0.05) is 17.9 Å². The number of nitrogens with zero attached hydrogens (tertiary/aromatic N) is 1. The van der Waals surface area contributed by atoms with Gasteiger partial charge in [0.05, 0.1) is 0 Å². The minimum Gasteiger partial charge on any atom is -0.324 e. The van der Waals surface area contributed by atoms with E-state index >= 15 is 0 Å². The Morgan fingerprint density at radius 1 is 1.38 bits per heavy atom. The van der Waals surface area contributed by atoms with E-state index in [2.05, 4.69) is 31.8 Å². The average Bonchev–Trinajstić information content (AvgIpc) is 2.01. The number of aryl methyl sites for hydroxylation is 1. The quantitative estimate of drug-likeness (QED) is 0.717. The standard InChI is InChI=1S/C11H18N2/c1-8-7-9(5-6-13-8)10(12)11(2,3)4/h5-7,10H,12H2,1-4H3. The number of hydrogen-bond acceptors (Lipinski definition) is 2. The highest BCUT2D eigenvalue weighted by Gasteiger charge is 2.21. The van der Waals surface area contributed by atoms with Crippen molar-refractivity contribution in [2.75, 3.05) is 0 Å². The Bertz CT molecular complexity index is 286. The molecule has 72 valence electrons. The fourth-order valence-electron chi connectivity index (χ4n) is 1.26. The zero-order valence-electron chi connectivity index (χ0n) is 8.83. The van der Waals surface area contributed by atoms with Gasteiger partial charge in [0.15, 0.2) is 0 Å². The fourth-order valence-corrected chi connectivity index (χ4v) is 1.26. The molecule has 0 saturated heterocycles. The molecule has 2 N–H and O–H groups in total. The average molecular weight is 178 g/mol.